The van der Waals surface area contributed by atoms with Crippen LogP contribution in [0.25, 0.3) is 0 Å². The van der Waals surface area contributed by atoms with Crippen molar-refractivity contribution in [2.45, 2.75) is 19.3 Å². The van der Waals surface area contributed by atoms with Crippen LogP contribution in [-0.2, 0) is 9.05 Å². The molecule has 0 rings (SSSR count). The Kier molecular flexibility index (Phi) is 5.03. The van der Waals surface area contributed by atoms with Crippen molar-refractivity contribution in [1.29, 1.82) is 0 Å². The maximum absolute atomic E-state index is 10.3. The van der Waals surface area contributed by atoms with Crippen LogP contribution in [0.4, 0.5) is 0 Å². The summed E-state index contributed by atoms with van der Waals surface area (Å²) in [4.78, 5) is 0. The van der Waals surface area contributed by atoms with Crippen molar-refractivity contribution in [3.8, 4) is 0 Å². The van der Waals surface area contributed by atoms with E-state index < -0.39 is 9.05 Å². The smallest absolute Gasteiger partial charge is 0.232 e. The molecule has 3 nitrogen and oxygen atoms in total. The Balaban J connectivity index is 3.21. The molecule has 0 radical (unpaired) electrons. The summed E-state index contributed by atoms with van der Waals surface area (Å²) >= 11 is 0. The van der Waals surface area contributed by atoms with Crippen molar-refractivity contribution in [3.05, 3.63) is 0 Å². The highest BCUT2D eigenvalue weighted by Crippen LogP contribution is 2.02. The SMILES string of the molecule is O=S(=O)(Cl)CCCCCO. The Bertz CT molecular complexity index is 164. The zero-order chi connectivity index (χ0) is 8.04. The van der Waals surface area contributed by atoms with Gasteiger partial charge < -0.3 is 5.11 Å². The Hall–Kier alpha value is 0.200. The minimum Gasteiger partial charge on any atom is -0.396 e. The lowest BCUT2D eigenvalue weighted by Gasteiger charge is -1.94. The van der Waals surface area contributed by atoms with E-state index in [-0.39, 0.29) is 12.4 Å². The average molecular weight is 187 g/mol. The van der Waals surface area contributed by atoms with Crippen LogP contribution in [0.3, 0.4) is 0 Å². The highest BCUT2D eigenvalue weighted by molar-refractivity contribution is 8.13. The summed E-state index contributed by atoms with van der Waals surface area (Å²) in [6.45, 7) is 0.113. The molecule has 0 aromatic heterocycles. The third-order valence-electron chi connectivity index (χ3n) is 1.05. The third-order valence-corrected chi connectivity index (χ3v) is 2.29. The van der Waals surface area contributed by atoms with Crippen molar-refractivity contribution in [3.63, 3.8) is 0 Å². The molecule has 0 bridgehead atoms. The Morgan fingerprint density at radius 3 is 2.20 bits per heavy atom. The van der Waals surface area contributed by atoms with Gasteiger partial charge in [0.1, 0.15) is 0 Å². The lowest BCUT2D eigenvalue weighted by atomic mass is 10.3. The zero-order valence-corrected chi connectivity index (χ0v) is 7.16. The first kappa shape index (κ1) is 10.2. The standard InChI is InChI=1S/C5H11ClO3S/c6-10(8,9)5-3-1-2-4-7/h7H,1-5H2. The first-order valence-corrected chi connectivity index (χ1v) is 5.57. The van der Waals surface area contributed by atoms with Crippen LogP contribution in [0.2, 0.25) is 0 Å². The molecule has 10 heavy (non-hydrogen) atoms. The largest absolute Gasteiger partial charge is 0.396 e. The molecule has 0 saturated heterocycles. The second-order valence-corrected chi connectivity index (χ2v) is 4.92. The van der Waals surface area contributed by atoms with Gasteiger partial charge in [-0.2, -0.15) is 0 Å². The highest BCUT2D eigenvalue weighted by atomic mass is 35.7. The molecule has 1 N–H and O–H groups in total. The van der Waals surface area contributed by atoms with Crippen molar-refractivity contribution in [2.75, 3.05) is 12.4 Å². The van der Waals surface area contributed by atoms with Crippen LogP contribution < -0.4 is 0 Å². The molecule has 0 aromatic rings. The van der Waals surface area contributed by atoms with Gasteiger partial charge in [-0.05, 0) is 12.8 Å². The summed E-state index contributed by atoms with van der Waals surface area (Å²) in [5.74, 6) is 0.00849. The first-order chi connectivity index (χ1) is 4.56. The summed E-state index contributed by atoms with van der Waals surface area (Å²) in [6.07, 6.45) is 1.89. The molecule has 0 atom stereocenters. The Morgan fingerprint density at radius 1 is 1.20 bits per heavy atom. The van der Waals surface area contributed by atoms with Crippen LogP contribution in [0, 0.1) is 0 Å². The van der Waals surface area contributed by atoms with Crippen molar-refractivity contribution in [2.24, 2.45) is 0 Å². The van der Waals surface area contributed by atoms with Crippen LogP contribution >= 0.6 is 10.7 Å². The summed E-state index contributed by atoms with van der Waals surface area (Å²) in [7, 11) is 1.61. The number of unbranched alkanes of at least 4 members (excludes halogenated alkanes) is 2. The molecule has 62 valence electrons. The minimum absolute atomic E-state index is 0.00849. The van der Waals surface area contributed by atoms with Crippen LogP contribution in [0.15, 0.2) is 0 Å². The lowest BCUT2D eigenvalue weighted by Crippen LogP contribution is -1.97. The second-order valence-electron chi connectivity index (χ2n) is 2.03. The van der Waals surface area contributed by atoms with E-state index in [9.17, 15) is 8.42 Å². The van der Waals surface area contributed by atoms with Gasteiger partial charge in [0.05, 0.1) is 5.75 Å². The number of hydrogen-bond acceptors (Lipinski definition) is 3. The maximum atomic E-state index is 10.3. The number of aliphatic hydroxyl groups excluding tert-OH is 1. The molecule has 0 aromatic carbocycles. The van der Waals surface area contributed by atoms with E-state index in [0.29, 0.717) is 19.3 Å². The molecule has 0 aliphatic rings. The quantitative estimate of drug-likeness (QED) is 0.509. The van der Waals surface area contributed by atoms with Gasteiger partial charge in [-0.3, -0.25) is 0 Å². The fourth-order valence-corrected chi connectivity index (χ4v) is 1.44. The lowest BCUT2D eigenvalue weighted by molar-refractivity contribution is 0.284. The summed E-state index contributed by atoms with van der Waals surface area (Å²) in [5, 5.41) is 8.31. The van der Waals surface area contributed by atoms with Gasteiger partial charge >= 0.3 is 0 Å². The van der Waals surface area contributed by atoms with Gasteiger partial charge in [0.2, 0.25) is 9.05 Å². The van der Waals surface area contributed by atoms with E-state index >= 15 is 0 Å². The van der Waals surface area contributed by atoms with Gasteiger partial charge in [-0.1, -0.05) is 6.42 Å². The van der Waals surface area contributed by atoms with E-state index in [2.05, 4.69) is 0 Å². The van der Waals surface area contributed by atoms with Crippen LogP contribution in [0.5, 0.6) is 0 Å². The molecule has 0 unspecified atom stereocenters. The van der Waals surface area contributed by atoms with Gasteiger partial charge in [0.15, 0.2) is 0 Å². The fraction of sp³-hybridized carbons (Fsp3) is 1.00. The van der Waals surface area contributed by atoms with Crippen LogP contribution in [-0.4, -0.2) is 25.9 Å². The van der Waals surface area contributed by atoms with Gasteiger partial charge in [0.25, 0.3) is 0 Å². The van der Waals surface area contributed by atoms with Gasteiger partial charge in [-0.15, -0.1) is 0 Å². The number of rotatable bonds is 5. The molecule has 0 spiro atoms. The maximum Gasteiger partial charge on any atom is 0.232 e. The molecule has 0 fully saturated rings. The topological polar surface area (TPSA) is 54.4 Å². The normalized spacial score (nSPS) is 11.8. The number of aliphatic hydroxyl groups is 1. The molecule has 0 aliphatic heterocycles. The molecular weight excluding hydrogens is 176 g/mol. The molecule has 5 heteroatoms. The molecule has 0 heterocycles. The summed E-state index contributed by atoms with van der Waals surface area (Å²) in [6, 6.07) is 0. The van der Waals surface area contributed by atoms with Gasteiger partial charge in [0, 0.05) is 17.3 Å². The first-order valence-electron chi connectivity index (χ1n) is 3.09. The Morgan fingerprint density at radius 2 is 1.80 bits per heavy atom. The predicted octanol–water partition coefficient (Wildman–Crippen LogP) is 0.718. The molecular formula is C5H11ClO3S. The number of hydrogen-bond donors (Lipinski definition) is 1. The van der Waals surface area contributed by atoms with E-state index in [1.54, 1.807) is 0 Å². The van der Waals surface area contributed by atoms with E-state index in [1.165, 1.54) is 0 Å². The third kappa shape index (κ3) is 8.20. The number of halogens is 1. The monoisotopic (exact) mass is 186 g/mol. The summed E-state index contributed by atoms with van der Waals surface area (Å²) in [5.41, 5.74) is 0. The molecule has 0 amide bonds. The molecule has 0 saturated carbocycles. The average Bonchev–Trinajstić information content (AvgIpc) is 1.78. The van der Waals surface area contributed by atoms with Crippen molar-refractivity contribution < 1.29 is 13.5 Å². The van der Waals surface area contributed by atoms with Crippen molar-refractivity contribution >= 4 is 19.7 Å². The van der Waals surface area contributed by atoms with E-state index in [0.717, 1.165) is 0 Å². The van der Waals surface area contributed by atoms with E-state index in [1.807, 2.05) is 0 Å². The van der Waals surface area contributed by atoms with Gasteiger partial charge in [-0.25, -0.2) is 8.42 Å². The highest BCUT2D eigenvalue weighted by Gasteiger charge is 2.02. The Labute approximate surface area is 65.4 Å². The summed E-state index contributed by atoms with van der Waals surface area (Å²) < 4.78 is 20.6. The van der Waals surface area contributed by atoms with Crippen molar-refractivity contribution in [1.82, 2.24) is 0 Å². The molecule has 0 aliphatic carbocycles. The van der Waals surface area contributed by atoms with Crippen LogP contribution in [0.1, 0.15) is 19.3 Å². The zero-order valence-electron chi connectivity index (χ0n) is 5.59. The second kappa shape index (κ2) is 4.93. The fourth-order valence-electron chi connectivity index (χ4n) is 0.563. The predicted molar refractivity (Wildman–Crippen MR) is 40.6 cm³/mol. The minimum atomic E-state index is -3.31. The van der Waals surface area contributed by atoms with E-state index in [4.69, 9.17) is 15.8 Å².